The monoisotopic (exact) mass is 519 g/mol. The molecule has 0 aliphatic carbocycles. The van der Waals surface area contributed by atoms with Gasteiger partial charge in [-0.25, -0.2) is 0 Å². The Labute approximate surface area is 168 Å². The van der Waals surface area contributed by atoms with E-state index in [1.807, 2.05) is 0 Å². The number of ether oxygens (including phenoxy) is 2. The van der Waals surface area contributed by atoms with E-state index >= 15 is 0 Å². The lowest BCUT2D eigenvalue weighted by molar-refractivity contribution is -0.278. The van der Waals surface area contributed by atoms with Crippen molar-refractivity contribution in [3.8, 4) is 5.88 Å². The summed E-state index contributed by atoms with van der Waals surface area (Å²) in [6, 6.07) is 1.73. The summed E-state index contributed by atoms with van der Waals surface area (Å²) in [6.45, 7) is -0.559. The van der Waals surface area contributed by atoms with E-state index in [2.05, 4.69) is 36.8 Å². The van der Waals surface area contributed by atoms with Gasteiger partial charge in [0.15, 0.2) is 0 Å². The molecule has 138 valence electrons. The second kappa shape index (κ2) is 7.49. The van der Waals surface area contributed by atoms with E-state index in [1.165, 1.54) is 0 Å². The highest BCUT2D eigenvalue weighted by Crippen LogP contribution is 2.44. The molecular formula is C14H13Br2Cl2NO6. The van der Waals surface area contributed by atoms with Gasteiger partial charge in [-0.2, -0.15) is 0 Å². The third kappa shape index (κ3) is 3.42. The number of nitrogens with one attached hydrogen (secondary N) is 1. The fraction of sp³-hybridized carbons (Fsp3) is 0.429. The maximum atomic E-state index is 10.1. The van der Waals surface area contributed by atoms with Crippen LogP contribution in [-0.2, 0) is 4.74 Å². The lowest BCUT2D eigenvalue weighted by atomic mass is 9.99. The summed E-state index contributed by atoms with van der Waals surface area (Å²) in [5.41, 5.74) is 0.574. The number of fused-ring (bicyclic) bond motifs is 1. The van der Waals surface area contributed by atoms with Gasteiger partial charge in [0.1, 0.15) is 29.4 Å². The topological polar surface area (TPSA) is 115 Å². The van der Waals surface area contributed by atoms with Crippen molar-refractivity contribution in [3.63, 3.8) is 0 Å². The Morgan fingerprint density at radius 1 is 1.12 bits per heavy atom. The van der Waals surface area contributed by atoms with Crippen molar-refractivity contribution >= 4 is 66.0 Å². The molecule has 0 radical (unpaired) electrons. The molecule has 11 heteroatoms. The number of benzene rings is 1. The molecule has 1 aromatic carbocycles. The van der Waals surface area contributed by atoms with Gasteiger partial charge in [-0.1, -0.05) is 23.2 Å². The molecule has 3 rings (SSSR count). The number of aromatic nitrogens is 1. The molecule has 0 spiro atoms. The molecule has 1 aliphatic heterocycles. The number of hydrogen-bond donors (Lipinski definition) is 5. The minimum Gasteiger partial charge on any atom is -0.445 e. The van der Waals surface area contributed by atoms with Gasteiger partial charge in [-0.05, 0) is 37.9 Å². The van der Waals surface area contributed by atoms with Crippen LogP contribution in [0.15, 0.2) is 15.0 Å². The van der Waals surface area contributed by atoms with Gasteiger partial charge in [0.25, 0.3) is 0 Å². The van der Waals surface area contributed by atoms with Crippen LogP contribution >= 0.6 is 55.1 Å². The number of rotatable bonds is 3. The maximum absolute atomic E-state index is 10.1. The molecule has 1 unspecified atom stereocenters. The zero-order chi connectivity index (χ0) is 18.5. The van der Waals surface area contributed by atoms with Crippen LogP contribution in [0, 0.1) is 0 Å². The zero-order valence-corrected chi connectivity index (χ0v) is 17.0. The largest absolute Gasteiger partial charge is 0.445 e. The molecule has 0 amide bonds. The average molecular weight is 522 g/mol. The quantitative estimate of drug-likeness (QED) is 0.396. The van der Waals surface area contributed by atoms with Crippen LogP contribution in [0.25, 0.3) is 10.9 Å². The Kier molecular flexibility index (Phi) is 5.89. The second-order valence-corrected chi connectivity index (χ2v) is 7.90. The second-order valence-electron chi connectivity index (χ2n) is 5.49. The summed E-state index contributed by atoms with van der Waals surface area (Å²) in [5.74, 6) is 0.0629. The van der Waals surface area contributed by atoms with Crippen molar-refractivity contribution in [1.82, 2.24) is 4.98 Å². The molecule has 5 atom stereocenters. The fourth-order valence-corrected chi connectivity index (χ4v) is 4.05. The first-order valence-electron chi connectivity index (χ1n) is 7.08. The minimum atomic E-state index is -1.55. The fourth-order valence-electron chi connectivity index (χ4n) is 2.56. The molecular weight excluding hydrogens is 509 g/mol. The predicted octanol–water partition coefficient (Wildman–Crippen LogP) is 2.18. The Bertz CT molecular complexity index is 801. The summed E-state index contributed by atoms with van der Waals surface area (Å²) in [7, 11) is 0. The molecule has 7 nitrogen and oxygen atoms in total. The lowest BCUT2D eigenvalue weighted by Crippen LogP contribution is -2.60. The van der Waals surface area contributed by atoms with Crippen LogP contribution in [0.4, 0.5) is 0 Å². The third-order valence-corrected chi connectivity index (χ3v) is 6.86. The molecule has 2 heterocycles. The standard InChI is InChI=1S/C14H13Br2Cl2NO6/c15-3-1-4-6(8(17)7(3)16)9(18)13(19-4)25-14-12(23)11(22)10(21)5(2-20)24-14/h1,5,10-12,14,19-23H,2H2/t5-,10+,11+,12-,14?/m1/s1. The van der Waals surface area contributed by atoms with Crippen molar-refractivity contribution in [3.05, 3.63) is 25.1 Å². The molecule has 1 fully saturated rings. The molecule has 2 aromatic rings. The van der Waals surface area contributed by atoms with Gasteiger partial charge in [-0.15, -0.1) is 0 Å². The van der Waals surface area contributed by atoms with Gasteiger partial charge >= 0.3 is 0 Å². The van der Waals surface area contributed by atoms with Gasteiger partial charge < -0.3 is 34.9 Å². The SMILES string of the molecule is OC[C@H]1OC(Oc2[nH]c3cc(Br)c(Br)c(Cl)c3c2Cl)[C@H](O)[C@@H](O)[C@H]1O. The van der Waals surface area contributed by atoms with Crippen LogP contribution in [0.3, 0.4) is 0 Å². The molecule has 0 saturated carbocycles. The van der Waals surface area contributed by atoms with E-state index in [0.29, 0.717) is 24.9 Å². The summed E-state index contributed by atoms with van der Waals surface area (Å²) >= 11 is 19.3. The van der Waals surface area contributed by atoms with Crippen molar-refractivity contribution in [1.29, 1.82) is 0 Å². The van der Waals surface area contributed by atoms with E-state index in [-0.39, 0.29) is 10.9 Å². The summed E-state index contributed by atoms with van der Waals surface area (Å²) in [4.78, 5) is 2.91. The molecule has 1 saturated heterocycles. The zero-order valence-electron chi connectivity index (χ0n) is 12.3. The van der Waals surface area contributed by atoms with Crippen LogP contribution in [0.5, 0.6) is 5.88 Å². The third-order valence-electron chi connectivity index (χ3n) is 3.91. The van der Waals surface area contributed by atoms with E-state index < -0.39 is 37.3 Å². The highest BCUT2D eigenvalue weighted by molar-refractivity contribution is 9.13. The van der Waals surface area contributed by atoms with Crippen LogP contribution < -0.4 is 4.74 Å². The molecule has 1 aliphatic rings. The number of H-pyrrole nitrogens is 1. The normalized spacial score (nSPS) is 30.0. The number of aliphatic hydroxyl groups is 4. The van der Waals surface area contributed by atoms with Crippen molar-refractivity contribution in [2.45, 2.75) is 30.7 Å². The maximum Gasteiger partial charge on any atom is 0.231 e. The Balaban J connectivity index is 1.95. The number of hydrogen-bond acceptors (Lipinski definition) is 6. The van der Waals surface area contributed by atoms with E-state index in [9.17, 15) is 20.4 Å². The summed E-state index contributed by atoms with van der Waals surface area (Å²) in [6.07, 6.45) is -7.01. The smallest absolute Gasteiger partial charge is 0.231 e. The lowest BCUT2D eigenvalue weighted by Gasteiger charge is -2.39. The Morgan fingerprint density at radius 2 is 1.80 bits per heavy atom. The van der Waals surface area contributed by atoms with Crippen LogP contribution in [0.1, 0.15) is 0 Å². The van der Waals surface area contributed by atoms with Crippen molar-refractivity contribution < 1.29 is 29.9 Å². The highest BCUT2D eigenvalue weighted by Gasteiger charge is 2.45. The minimum absolute atomic E-state index is 0.0629. The molecule has 5 N–H and O–H groups in total. The predicted molar refractivity (Wildman–Crippen MR) is 98.1 cm³/mol. The molecule has 25 heavy (non-hydrogen) atoms. The van der Waals surface area contributed by atoms with Gasteiger partial charge in [0, 0.05) is 9.86 Å². The summed E-state index contributed by atoms with van der Waals surface area (Å²) in [5, 5.41) is 39.9. The summed E-state index contributed by atoms with van der Waals surface area (Å²) < 4.78 is 12.1. The van der Waals surface area contributed by atoms with Gasteiger partial charge in [-0.3, -0.25) is 0 Å². The van der Waals surface area contributed by atoms with E-state index in [1.54, 1.807) is 6.07 Å². The van der Waals surface area contributed by atoms with E-state index in [0.717, 1.165) is 0 Å². The first-order valence-corrected chi connectivity index (χ1v) is 9.42. The number of aliphatic hydroxyl groups excluding tert-OH is 4. The van der Waals surface area contributed by atoms with Crippen LogP contribution in [0.2, 0.25) is 10.0 Å². The average Bonchev–Trinajstić information content (AvgIpc) is 2.88. The number of aromatic amines is 1. The number of halogens is 4. The van der Waals surface area contributed by atoms with Crippen molar-refractivity contribution in [2.24, 2.45) is 0 Å². The molecule has 0 bridgehead atoms. The Hall–Kier alpha value is -0.100. The van der Waals surface area contributed by atoms with Crippen LogP contribution in [-0.4, -0.2) is 62.7 Å². The first kappa shape index (κ1) is 19.7. The highest BCUT2D eigenvalue weighted by atomic mass is 79.9. The Morgan fingerprint density at radius 3 is 2.44 bits per heavy atom. The van der Waals surface area contributed by atoms with Gasteiger partial charge in [0.2, 0.25) is 12.2 Å². The van der Waals surface area contributed by atoms with Crippen molar-refractivity contribution in [2.75, 3.05) is 6.61 Å². The first-order chi connectivity index (χ1) is 11.8. The van der Waals surface area contributed by atoms with E-state index in [4.69, 9.17) is 32.7 Å². The molecule has 1 aromatic heterocycles. The van der Waals surface area contributed by atoms with Gasteiger partial charge in [0.05, 0.1) is 21.6 Å².